The molecule has 1 saturated carbocycles. The van der Waals surface area contributed by atoms with Gasteiger partial charge in [0.15, 0.2) is 0 Å². The molecule has 0 bridgehead atoms. The molecular weight excluding hydrogens is 338 g/mol. The molecule has 1 aliphatic rings. The van der Waals surface area contributed by atoms with E-state index in [1.165, 1.54) is 32.1 Å². The van der Waals surface area contributed by atoms with Crippen molar-refractivity contribution in [3.05, 3.63) is 34.3 Å². The van der Waals surface area contributed by atoms with E-state index in [0.717, 1.165) is 40.4 Å². The molecule has 0 unspecified atom stereocenters. The van der Waals surface area contributed by atoms with Gasteiger partial charge >= 0.3 is 0 Å². The van der Waals surface area contributed by atoms with E-state index in [2.05, 4.69) is 27.0 Å². The van der Waals surface area contributed by atoms with Crippen LogP contribution in [0.15, 0.2) is 33.7 Å². The van der Waals surface area contributed by atoms with Gasteiger partial charge in [-0.3, -0.25) is 4.99 Å². The summed E-state index contributed by atoms with van der Waals surface area (Å²) in [6.45, 7) is 4.74. The Balaban J connectivity index is 2.03. The average Bonchev–Trinajstić information content (AvgIpc) is 2.55. The van der Waals surface area contributed by atoms with E-state index >= 15 is 0 Å². The summed E-state index contributed by atoms with van der Waals surface area (Å²) < 4.78 is 7.14. The van der Waals surface area contributed by atoms with Crippen LogP contribution in [0, 0.1) is 5.92 Å². The van der Waals surface area contributed by atoms with E-state index in [4.69, 9.17) is 4.74 Å². The number of ether oxygens (including phenoxy) is 1. The Morgan fingerprint density at radius 2 is 2.05 bits per heavy atom. The molecule has 1 fully saturated rings. The third-order valence-corrected chi connectivity index (χ3v) is 4.76. The zero-order valence-corrected chi connectivity index (χ0v) is 15.2. The zero-order valence-electron chi connectivity index (χ0n) is 13.6. The lowest BCUT2D eigenvalue weighted by Crippen LogP contribution is -2.11. The van der Waals surface area contributed by atoms with Crippen LogP contribution in [0.5, 0.6) is 5.75 Å². The summed E-state index contributed by atoms with van der Waals surface area (Å²) in [5.74, 6) is 1.78. The number of halogens is 1. The lowest BCUT2D eigenvalue weighted by Gasteiger charge is -2.21. The van der Waals surface area contributed by atoms with E-state index in [9.17, 15) is 0 Å². The molecule has 0 atom stereocenters. The van der Waals surface area contributed by atoms with Gasteiger partial charge in [0, 0.05) is 16.3 Å². The van der Waals surface area contributed by atoms with Gasteiger partial charge in [-0.05, 0) is 44.4 Å². The number of aliphatic imine (C=N–C) groups is 1. The second-order valence-electron chi connectivity index (χ2n) is 5.84. The number of nitrogens with zero attached hydrogens (tertiary/aromatic N) is 1. The number of rotatable bonds is 6. The fraction of sp³-hybridized carbons (Fsp3) is 0.526. The van der Waals surface area contributed by atoms with Crippen LogP contribution in [-0.2, 0) is 0 Å². The van der Waals surface area contributed by atoms with Crippen molar-refractivity contribution in [3.8, 4) is 5.75 Å². The third-order valence-electron chi connectivity index (χ3n) is 4.27. The molecule has 0 heterocycles. The van der Waals surface area contributed by atoms with Crippen LogP contribution in [0.1, 0.15) is 57.9 Å². The van der Waals surface area contributed by atoms with Crippen LogP contribution in [0.2, 0.25) is 0 Å². The lowest BCUT2D eigenvalue weighted by atomic mass is 9.87. The lowest BCUT2D eigenvalue weighted by molar-refractivity contribution is 0.246. The molecule has 22 heavy (non-hydrogen) atoms. The van der Waals surface area contributed by atoms with E-state index < -0.39 is 0 Å². The maximum Gasteiger partial charge on any atom is 0.128 e. The van der Waals surface area contributed by atoms with Crippen molar-refractivity contribution < 1.29 is 4.74 Å². The maximum atomic E-state index is 6.09. The Hall–Kier alpha value is -1.09. The molecule has 1 aliphatic carbocycles. The first kappa shape index (κ1) is 17.3. The molecule has 0 radical (unpaired) electrons. The summed E-state index contributed by atoms with van der Waals surface area (Å²) in [6, 6.07) is 6.15. The Bertz CT molecular complexity index is 530. The Kier molecular flexibility index (Phi) is 7.17. The molecule has 0 saturated heterocycles. The van der Waals surface area contributed by atoms with Gasteiger partial charge in [0.25, 0.3) is 0 Å². The largest absolute Gasteiger partial charge is 0.493 e. The van der Waals surface area contributed by atoms with Crippen molar-refractivity contribution in [1.82, 2.24) is 0 Å². The molecule has 0 aromatic heterocycles. The summed E-state index contributed by atoms with van der Waals surface area (Å²) >= 11 is 3.54. The van der Waals surface area contributed by atoms with Crippen LogP contribution in [-0.4, -0.2) is 12.8 Å². The van der Waals surface area contributed by atoms with E-state index in [-0.39, 0.29) is 0 Å². The van der Waals surface area contributed by atoms with Crippen molar-refractivity contribution in [2.24, 2.45) is 10.9 Å². The minimum absolute atomic E-state index is 0.798. The first-order valence-corrected chi connectivity index (χ1v) is 9.11. The molecule has 1 aromatic rings. The van der Waals surface area contributed by atoms with Crippen molar-refractivity contribution in [3.63, 3.8) is 0 Å². The summed E-state index contributed by atoms with van der Waals surface area (Å²) in [5.41, 5.74) is 2.01. The van der Waals surface area contributed by atoms with Gasteiger partial charge in [-0.2, -0.15) is 0 Å². The van der Waals surface area contributed by atoms with Crippen molar-refractivity contribution >= 4 is 27.8 Å². The van der Waals surface area contributed by atoms with Gasteiger partial charge in [0.05, 0.1) is 12.3 Å². The van der Waals surface area contributed by atoms with Crippen LogP contribution < -0.4 is 4.74 Å². The second kappa shape index (κ2) is 9.14. The van der Waals surface area contributed by atoms with Crippen molar-refractivity contribution in [2.75, 3.05) is 6.61 Å². The minimum Gasteiger partial charge on any atom is -0.493 e. The number of benzene rings is 1. The quantitative estimate of drug-likeness (QED) is 0.547. The van der Waals surface area contributed by atoms with Gasteiger partial charge < -0.3 is 4.74 Å². The highest BCUT2D eigenvalue weighted by molar-refractivity contribution is 9.10. The molecule has 2 rings (SSSR count). The molecule has 1 aromatic carbocycles. The SMILES string of the molecule is CC=NC(=CC)c1cc(Br)ccc1OCCC1CCCCC1. The summed E-state index contributed by atoms with van der Waals surface area (Å²) in [6.07, 6.45) is 11.9. The summed E-state index contributed by atoms with van der Waals surface area (Å²) in [5, 5.41) is 0. The Morgan fingerprint density at radius 1 is 1.27 bits per heavy atom. The molecule has 0 aliphatic heterocycles. The monoisotopic (exact) mass is 363 g/mol. The zero-order chi connectivity index (χ0) is 15.8. The predicted molar refractivity (Wildman–Crippen MR) is 98.6 cm³/mol. The fourth-order valence-electron chi connectivity index (χ4n) is 3.08. The smallest absolute Gasteiger partial charge is 0.128 e. The molecular formula is C19H26BrNO. The van der Waals surface area contributed by atoms with Gasteiger partial charge in [0.1, 0.15) is 5.75 Å². The normalized spacial score (nSPS) is 17.1. The van der Waals surface area contributed by atoms with Crippen LogP contribution in [0.4, 0.5) is 0 Å². The highest BCUT2D eigenvalue weighted by Crippen LogP contribution is 2.31. The first-order chi connectivity index (χ1) is 10.7. The number of allylic oxidation sites excluding steroid dienone is 1. The van der Waals surface area contributed by atoms with E-state index in [0.29, 0.717) is 0 Å². The van der Waals surface area contributed by atoms with E-state index in [1.807, 2.05) is 38.3 Å². The topological polar surface area (TPSA) is 21.6 Å². The molecule has 0 N–H and O–H groups in total. The van der Waals surface area contributed by atoms with Gasteiger partial charge in [-0.25, -0.2) is 0 Å². The van der Waals surface area contributed by atoms with Crippen molar-refractivity contribution in [1.29, 1.82) is 0 Å². The Morgan fingerprint density at radius 3 is 2.73 bits per heavy atom. The van der Waals surface area contributed by atoms with Crippen LogP contribution >= 0.6 is 15.9 Å². The van der Waals surface area contributed by atoms with Crippen LogP contribution in [0.25, 0.3) is 5.70 Å². The molecule has 0 spiro atoms. The predicted octanol–water partition coefficient (Wildman–Crippen LogP) is 6.25. The third kappa shape index (κ3) is 4.98. The van der Waals surface area contributed by atoms with Crippen molar-refractivity contribution in [2.45, 2.75) is 52.4 Å². The van der Waals surface area contributed by atoms with Gasteiger partial charge in [-0.15, -0.1) is 0 Å². The standard InChI is InChI=1S/C19H26BrNO/c1-3-18(21-4-2)17-14-16(20)10-11-19(17)22-13-12-15-8-6-5-7-9-15/h3-4,10-11,14-15H,5-9,12-13H2,1-2H3. The molecule has 120 valence electrons. The first-order valence-electron chi connectivity index (χ1n) is 8.32. The van der Waals surface area contributed by atoms with E-state index in [1.54, 1.807) is 0 Å². The van der Waals surface area contributed by atoms with Gasteiger partial charge in [-0.1, -0.05) is 54.1 Å². The summed E-state index contributed by atoms with van der Waals surface area (Å²) in [7, 11) is 0. The summed E-state index contributed by atoms with van der Waals surface area (Å²) in [4.78, 5) is 4.45. The molecule has 3 heteroatoms. The molecule has 2 nitrogen and oxygen atoms in total. The maximum absolute atomic E-state index is 6.09. The highest BCUT2D eigenvalue weighted by atomic mass is 79.9. The van der Waals surface area contributed by atoms with Gasteiger partial charge in [0.2, 0.25) is 0 Å². The average molecular weight is 364 g/mol. The molecule has 0 amide bonds. The minimum atomic E-state index is 0.798. The number of hydrogen-bond acceptors (Lipinski definition) is 2. The number of hydrogen-bond donors (Lipinski definition) is 0. The fourth-order valence-corrected chi connectivity index (χ4v) is 3.44. The highest BCUT2D eigenvalue weighted by Gasteiger charge is 2.14. The second-order valence-corrected chi connectivity index (χ2v) is 6.76. The van der Waals surface area contributed by atoms with Crippen LogP contribution in [0.3, 0.4) is 0 Å². The Labute approximate surface area is 142 Å².